The highest BCUT2D eigenvalue weighted by Gasteiger charge is 2.34. The van der Waals surface area contributed by atoms with Gasteiger partial charge in [0.25, 0.3) is 5.91 Å². The van der Waals surface area contributed by atoms with Gasteiger partial charge in [0.2, 0.25) is 0 Å². The van der Waals surface area contributed by atoms with Gasteiger partial charge in [-0.05, 0) is 50.5 Å². The van der Waals surface area contributed by atoms with Gasteiger partial charge in [-0.1, -0.05) is 12.1 Å². The Labute approximate surface area is 157 Å². The van der Waals surface area contributed by atoms with Crippen LogP contribution in [0.15, 0.2) is 30.3 Å². The van der Waals surface area contributed by atoms with E-state index in [1.54, 1.807) is 6.07 Å². The molecule has 2 N–H and O–H groups in total. The zero-order valence-corrected chi connectivity index (χ0v) is 15.4. The number of amides is 2. The molecule has 1 aromatic heterocycles. The lowest BCUT2D eigenvalue weighted by Gasteiger charge is -2.34. The molecule has 1 saturated carbocycles. The molecule has 27 heavy (non-hydrogen) atoms. The monoisotopic (exact) mass is 366 g/mol. The maximum atomic E-state index is 12.7. The Hall–Kier alpha value is -2.96. The standard InChI is InChI=1S/C20H22N4O3/c1-12-10-16(24-17(22-12)13-6-7-13)18(25)23-15-5-3-4-14(11-15)20(2)8-9-21-19(26)27-20/h3-5,10-11,13H,6-9H2,1-2H3,(H,21,26)(H,23,25)/t20-/m0/s1. The number of cyclic esters (lactones) is 1. The molecular formula is C20H22N4O3. The predicted octanol–water partition coefficient (Wildman–Crippen LogP) is 3.26. The Balaban J connectivity index is 1.55. The molecule has 2 aromatic rings. The third-order valence-corrected chi connectivity index (χ3v) is 4.97. The number of aryl methyl sites for hydroxylation is 1. The van der Waals surface area contributed by atoms with Crippen molar-refractivity contribution in [1.82, 2.24) is 15.3 Å². The summed E-state index contributed by atoms with van der Waals surface area (Å²) in [4.78, 5) is 33.1. The molecule has 7 heteroatoms. The molecule has 2 amide bonds. The van der Waals surface area contributed by atoms with Crippen molar-refractivity contribution in [2.75, 3.05) is 11.9 Å². The minimum atomic E-state index is -0.715. The normalized spacial score (nSPS) is 21.9. The molecule has 4 rings (SSSR count). The van der Waals surface area contributed by atoms with E-state index < -0.39 is 11.7 Å². The van der Waals surface area contributed by atoms with Crippen LogP contribution in [-0.2, 0) is 10.3 Å². The molecule has 2 fully saturated rings. The zero-order valence-electron chi connectivity index (χ0n) is 15.4. The van der Waals surface area contributed by atoms with Gasteiger partial charge >= 0.3 is 6.09 Å². The van der Waals surface area contributed by atoms with Crippen LogP contribution in [0.3, 0.4) is 0 Å². The smallest absolute Gasteiger partial charge is 0.408 e. The Bertz CT molecular complexity index is 910. The third-order valence-electron chi connectivity index (χ3n) is 4.97. The number of carbonyl (C=O) groups is 2. The molecule has 1 aromatic carbocycles. The second-order valence-electron chi connectivity index (χ2n) is 7.36. The number of alkyl carbamates (subject to hydrolysis) is 1. The van der Waals surface area contributed by atoms with Crippen LogP contribution in [0.25, 0.3) is 0 Å². The molecule has 1 aliphatic carbocycles. The summed E-state index contributed by atoms with van der Waals surface area (Å²) in [5.74, 6) is 0.865. The molecule has 1 aliphatic heterocycles. The number of aromatic nitrogens is 2. The number of rotatable bonds is 4. The van der Waals surface area contributed by atoms with Crippen LogP contribution < -0.4 is 10.6 Å². The zero-order chi connectivity index (χ0) is 19.0. The Morgan fingerprint density at radius 1 is 1.30 bits per heavy atom. The minimum absolute atomic E-state index is 0.271. The van der Waals surface area contributed by atoms with Crippen molar-refractivity contribution < 1.29 is 14.3 Å². The van der Waals surface area contributed by atoms with Crippen LogP contribution in [0.1, 0.15) is 59.7 Å². The Kier molecular flexibility index (Phi) is 4.30. The van der Waals surface area contributed by atoms with Gasteiger partial charge in [0, 0.05) is 30.3 Å². The van der Waals surface area contributed by atoms with Crippen LogP contribution in [0, 0.1) is 6.92 Å². The highest BCUT2D eigenvalue weighted by molar-refractivity contribution is 6.03. The van der Waals surface area contributed by atoms with E-state index in [1.807, 2.05) is 38.1 Å². The van der Waals surface area contributed by atoms with E-state index in [0.29, 0.717) is 30.3 Å². The number of hydrogen-bond acceptors (Lipinski definition) is 5. The van der Waals surface area contributed by atoms with E-state index in [1.165, 1.54) is 0 Å². The Morgan fingerprint density at radius 2 is 2.11 bits per heavy atom. The second kappa shape index (κ2) is 6.64. The first-order valence-corrected chi connectivity index (χ1v) is 9.17. The topological polar surface area (TPSA) is 93.2 Å². The molecular weight excluding hydrogens is 344 g/mol. The van der Waals surface area contributed by atoms with E-state index in [0.717, 1.165) is 29.9 Å². The van der Waals surface area contributed by atoms with Crippen molar-refractivity contribution in [3.05, 3.63) is 53.1 Å². The molecule has 1 atom stereocenters. The maximum absolute atomic E-state index is 12.7. The lowest BCUT2D eigenvalue weighted by atomic mass is 9.91. The highest BCUT2D eigenvalue weighted by atomic mass is 16.6. The van der Waals surface area contributed by atoms with Crippen LogP contribution in [0.2, 0.25) is 0 Å². The first-order chi connectivity index (χ1) is 12.9. The van der Waals surface area contributed by atoms with Gasteiger partial charge in [-0.2, -0.15) is 0 Å². The molecule has 0 spiro atoms. The van der Waals surface area contributed by atoms with Gasteiger partial charge in [-0.15, -0.1) is 0 Å². The summed E-state index contributed by atoms with van der Waals surface area (Å²) in [5.41, 5.74) is 1.92. The highest BCUT2D eigenvalue weighted by Crippen LogP contribution is 2.38. The van der Waals surface area contributed by atoms with Crippen molar-refractivity contribution >= 4 is 17.7 Å². The number of hydrogen-bond donors (Lipinski definition) is 2. The van der Waals surface area contributed by atoms with E-state index in [9.17, 15) is 9.59 Å². The number of anilines is 1. The van der Waals surface area contributed by atoms with Gasteiger partial charge in [-0.25, -0.2) is 14.8 Å². The van der Waals surface area contributed by atoms with E-state index in [4.69, 9.17) is 4.74 Å². The summed E-state index contributed by atoms with van der Waals surface area (Å²) in [6.45, 7) is 4.30. The SMILES string of the molecule is Cc1cc(C(=O)Nc2cccc([C@]3(C)CCNC(=O)O3)c2)nc(C2CC2)n1. The average molecular weight is 366 g/mol. The quantitative estimate of drug-likeness (QED) is 0.866. The number of carbonyl (C=O) groups excluding carboxylic acids is 2. The second-order valence-corrected chi connectivity index (χ2v) is 7.36. The molecule has 0 radical (unpaired) electrons. The fraction of sp³-hybridized carbons (Fsp3) is 0.400. The summed E-state index contributed by atoms with van der Waals surface area (Å²) in [6, 6.07) is 9.08. The van der Waals surface area contributed by atoms with Crippen molar-refractivity contribution in [2.45, 2.75) is 44.6 Å². The van der Waals surface area contributed by atoms with Crippen molar-refractivity contribution in [3.8, 4) is 0 Å². The van der Waals surface area contributed by atoms with Gasteiger partial charge in [-0.3, -0.25) is 4.79 Å². The van der Waals surface area contributed by atoms with Gasteiger partial charge in [0.05, 0.1) is 0 Å². The summed E-state index contributed by atoms with van der Waals surface area (Å²) >= 11 is 0. The minimum Gasteiger partial charge on any atom is -0.438 e. The number of benzene rings is 1. The first-order valence-electron chi connectivity index (χ1n) is 9.17. The number of nitrogens with one attached hydrogen (secondary N) is 2. The van der Waals surface area contributed by atoms with Crippen LogP contribution in [-0.4, -0.2) is 28.5 Å². The van der Waals surface area contributed by atoms with E-state index >= 15 is 0 Å². The van der Waals surface area contributed by atoms with Crippen molar-refractivity contribution in [1.29, 1.82) is 0 Å². The van der Waals surface area contributed by atoms with Crippen molar-refractivity contribution in [2.24, 2.45) is 0 Å². The molecule has 0 unspecified atom stereocenters. The summed E-state index contributed by atoms with van der Waals surface area (Å²) < 4.78 is 5.49. The largest absolute Gasteiger partial charge is 0.438 e. The maximum Gasteiger partial charge on any atom is 0.408 e. The predicted molar refractivity (Wildman–Crippen MR) is 99.6 cm³/mol. The van der Waals surface area contributed by atoms with Gasteiger partial charge in [0.15, 0.2) is 0 Å². The summed E-state index contributed by atoms with van der Waals surface area (Å²) in [6.07, 6.45) is 2.39. The van der Waals surface area contributed by atoms with Crippen LogP contribution in [0.5, 0.6) is 0 Å². The van der Waals surface area contributed by atoms with Crippen LogP contribution >= 0.6 is 0 Å². The van der Waals surface area contributed by atoms with Gasteiger partial charge in [0.1, 0.15) is 17.1 Å². The molecule has 1 saturated heterocycles. The molecule has 2 aliphatic rings. The Morgan fingerprint density at radius 3 is 2.85 bits per heavy atom. The lowest BCUT2D eigenvalue weighted by molar-refractivity contribution is -0.00272. The number of nitrogens with zero attached hydrogens (tertiary/aromatic N) is 2. The fourth-order valence-corrected chi connectivity index (χ4v) is 3.25. The third kappa shape index (κ3) is 3.77. The van der Waals surface area contributed by atoms with Crippen LogP contribution in [0.4, 0.5) is 10.5 Å². The number of ether oxygens (including phenoxy) is 1. The van der Waals surface area contributed by atoms with Gasteiger partial charge < -0.3 is 15.4 Å². The lowest BCUT2D eigenvalue weighted by Crippen LogP contribution is -2.43. The molecule has 0 bridgehead atoms. The summed E-state index contributed by atoms with van der Waals surface area (Å²) in [7, 11) is 0. The van der Waals surface area contributed by atoms with Crippen molar-refractivity contribution in [3.63, 3.8) is 0 Å². The summed E-state index contributed by atoms with van der Waals surface area (Å²) in [5, 5.41) is 5.55. The fourth-order valence-electron chi connectivity index (χ4n) is 3.25. The first kappa shape index (κ1) is 17.5. The van der Waals surface area contributed by atoms with E-state index in [-0.39, 0.29) is 5.91 Å². The van der Waals surface area contributed by atoms with E-state index in [2.05, 4.69) is 20.6 Å². The molecule has 2 heterocycles. The average Bonchev–Trinajstić information content (AvgIpc) is 3.46. The molecule has 140 valence electrons. The molecule has 7 nitrogen and oxygen atoms in total.